The van der Waals surface area contributed by atoms with E-state index in [4.69, 9.17) is 0 Å². The van der Waals surface area contributed by atoms with E-state index in [1.807, 2.05) is 0 Å². The van der Waals surface area contributed by atoms with Crippen molar-refractivity contribution in [2.24, 2.45) is 0 Å². The van der Waals surface area contributed by atoms with Crippen LogP contribution in [0.4, 0.5) is 30.6 Å². The van der Waals surface area contributed by atoms with Crippen molar-refractivity contribution in [1.29, 1.82) is 0 Å². The number of rotatable bonds is 6. The molecule has 0 radical (unpaired) electrons. The van der Waals surface area contributed by atoms with Gasteiger partial charge in [0.15, 0.2) is 17.5 Å². The SMILES string of the molecule is Fc1ccc(CCNc2cnnc(Nc3ccc(F)c(F)c3)n2)cc1. The van der Waals surface area contributed by atoms with E-state index in [-0.39, 0.29) is 11.8 Å². The van der Waals surface area contributed by atoms with Gasteiger partial charge in [0.05, 0.1) is 6.20 Å². The number of halogens is 3. The molecule has 2 N–H and O–H groups in total. The molecule has 0 unspecified atom stereocenters. The largest absolute Gasteiger partial charge is 0.368 e. The van der Waals surface area contributed by atoms with Crippen molar-refractivity contribution < 1.29 is 13.2 Å². The van der Waals surface area contributed by atoms with Gasteiger partial charge in [0, 0.05) is 18.3 Å². The highest BCUT2D eigenvalue weighted by Crippen LogP contribution is 2.16. The van der Waals surface area contributed by atoms with E-state index in [1.165, 1.54) is 24.4 Å². The molecule has 25 heavy (non-hydrogen) atoms. The van der Waals surface area contributed by atoms with Crippen molar-refractivity contribution in [2.45, 2.75) is 6.42 Å². The Morgan fingerprint density at radius 3 is 2.48 bits per heavy atom. The summed E-state index contributed by atoms with van der Waals surface area (Å²) in [5, 5.41) is 13.4. The minimum Gasteiger partial charge on any atom is -0.368 e. The Morgan fingerprint density at radius 1 is 0.920 bits per heavy atom. The summed E-state index contributed by atoms with van der Waals surface area (Å²) in [6, 6.07) is 9.63. The van der Waals surface area contributed by atoms with Crippen LogP contribution in [0.25, 0.3) is 0 Å². The maximum absolute atomic E-state index is 13.2. The molecule has 1 heterocycles. The van der Waals surface area contributed by atoms with Crippen LogP contribution in [0.15, 0.2) is 48.7 Å². The molecule has 0 atom stereocenters. The highest BCUT2D eigenvalue weighted by molar-refractivity contribution is 5.54. The molecule has 0 saturated heterocycles. The molecule has 0 aliphatic rings. The van der Waals surface area contributed by atoms with Gasteiger partial charge >= 0.3 is 0 Å². The molecule has 0 aliphatic carbocycles. The van der Waals surface area contributed by atoms with Gasteiger partial charge in [-0.15, -0.1) is 5.10 Å². The van der Waals surface area contributed by atoms with Crippen molar-refractivity contribution in [1.82, 2.24) is 15.2 Å². The molecule has 8 heteroatoms. The Bertz CT molecular complexity index is 855. The number of hydrogen-bond donors (Lipinski definition) is 2. The molecule has 0 amide bonds. The number of benzene rings is 2. The van der Waals surface area contributed by atoms with Crippen LogP contribution < -0.4 is 10.6 Å². The molecule has 3 aromatic rings. The van der Waals surface area contributed by atoms with E-state index in [1.54, 1.807) is 12.1 Å². The number of nitrogens with one attached hydrogen (secondary N) is 2. The lowest BCUT2D eigenvalue weighted by Crippen LogP contribution is -2.09. The molecule has 1 aromatic heterocycles. The maximum Gasteiger partial charge on any atom is 0.249 e. The topological polar surface area (TPSA) is 62.7 Å². The van der Waals surface area contributed by atoms with Gasteiger partial charge in [0.2, 0.25) is 5.95 Å². The lowest BCUT2D eigenvalue weighted by atomic mass is 10.1. The first kappa shape index (κ1) is 16.7. The first-order valence-corrected chi connectivity index (χ1v) is 7.50. The molecule has 0 fully saturated rings. The van der Waals surface area contributed by atoms with Crippen LogP contribution in [0.1, 0.15) is 5.56 Å². The first-order valence-electron chi connectivity index (χ1n) is 7.50. The summed E-state index contributed by atoms with van der Waals surface area (Å²) in [5.41, 5.74) is 1.29. The van der Waals surface area contributed by atoms with Crippen molar-refractivity contribution in [3.8, 4) is 0 Å². The van der Waals surface area contributed by atoms with Gasteiger partial charge in [-0.1, -0.05) is 12.1 Å². The Kier molecular flexibility index (Phi) is 5.08. The van der Waals surface area contributed by atoms with E-state index >= 15 is 0 Å². The summed E-state index contributed by atoms with van der Waals surface area (Å²) >= 11 is 0. The Labute approximate surface area is 141 Å². The van der Waals surface area contributed by atoms with Crippen LogP contribution >= 0.6 is 0 Å². The predicted octanol–water partition coefficient (Wildman–Crippen LogP) is 3.69. The van der Waals surface area contributed by atoms with Crippen molar-refractivity contribution in [3.05, 3.63) is 71.7 Å². The molecule has 0 bridgehead atoms. The molecular weight excluding hydrogens is 331 g/mol. The lowest BCUT2D eigenvalue weighted by molar-refractivity contribution is 0.509. The number of anilines is 3. The fraction of sp³-hybridized carbons (Fsp3) is 0.118. The molecule has 128 valence electrons. The summed E-state index contributed by atoms with van der Waals surface area (Å²) in [6.45, 7) is 0.564. The molecule has 0 saturated carbocycles. The molecular formula is C17H14F3N5. The summed E-state index contributed by atoms with van der Waals surface area (Å²) in [4.78, 5) is 4.19. The van der Waals surface area contributed by atoms with Crippen LogP contribution in [-0.2, 0) is 6.42 Å². The van der Waals surface area contributed by atoms with Crippen LogP contribution in [-0.4, -0.2) is 21.7 Å². The van der Waals surface area contributed by atoms with Gasteiger partial charge < -0.3 is 10.6 Å². The highest BCUT2D eigenvalue weighted by Gasteiger charge is 2.05. The molecule has 0 spiro atoms. The molecule has 5 nitrogen and oxygen atoms in total. The van der Waals surface area contributed by atoms with Gasteiger partial charge in [-0.2, -0.15) is 10.1 Å². The van der Waals surface area contributed by atoms with Crippen molar-refractivity contribution >= 4 is 17.5 Å². The fourth-order valence-electron chi connectivity index (χ4n) is 2.13. The van der Waals surface area contributed by atoms with Gasteiger partial charge in [-0.05, 0) is 36.2 Å². The summed E-state index contributed by atoms with van der Waals surface area (Å²) in [6.07, 6.45) is 2.12. The van der Waals surface area contributed by atoms with Crippen LogP contribution in [0.2, 0.25) is 0 Å². The predicted molar refractivity (Wildman–Crippen MR) is 88.1 cm³/mol. The van der Waals surface area contributed by atoms with Gasteiger partial charge in [0.1, 0.15) is 5.82 Å². The van der Waals surface area contributed by atoms with E-state index < -0.39 is 11.6 Å². The third-order valence-electron chi connectivity index (χ3n) is 3.37. The third kappa shape index (κ3) is 4.66. The first-order chi connectivity index (χ1) is 12.1. The summed E-state index contributed by atoms with van der Waals surface area (Å²) in [7, 11) is 0. The minimum atomic E-state index is -0.966. The van der Waals surface area contributed by atoms with E-state index in [0.29, 0.717) is 24.5 Å². The quantitative estimate of drug-likeness (QED) is 0.713. The van der Waals surface area contributed by atoms with Crippen molar-refractivity contribution in [3.63, 3.8) is 0 Å². The Balaban J connectivity index is 1.59. The molecule has 3 rings (SSSR count). The zero-order valence-corrected chi connectivity index (χ0v) is 13.0. The second-order valence-corrected chi connectivity index (χ2v) is 5.22. The number of hydrogen-bond acceptors (Lipinski definition) is 5. The maximum atomic E-state index is 13.2. The van der Waals surface area contributed by atoms with E-state index in [2.05, 4.69) is 25.8 Å². The zero-order chi connectivity index (χ0) is 17.6. The van der Waals surface area contributed by atoms with E-state index in [9.17, 15) is 13.2 Å². The highest BCUT2D eigenvalue weighted by atomic mass is 19.2. The Morgan fingerprint density at radius 2 is 1.72 bits per heavy atom. The van der Waals surface area contributed by atoms with Crippen molar-refractivity contribution in [2.75, 3.05) is 17.2 Å². The molecule has 2 aromatic carbocycles. The van der Waals surface area contributed by atoms with Crippen LogP contribution in [0.5, 0.6) is 0 Å². The fourth-order valence-corrected chi connectivity index (χ4v) is 2.13. The van der Waals surface area contributed by atoms with Crippen LogP contribution in [0.3, 0.4) is 0 Å². The van der Waals surface area contributed by atoms with Crippen LogP contribution in [0, 0.1) is 17.5 Å². The smallest absolute Gasteiger partial charge is 0.249 e. The lowest BCUT2D eigenvalue weighted by Gasteiger charge is -2.08. The molecule has 0 aliphatic heterocycles. The normalized spacial score (nSPS) is 10.5. The van der Waals surface area contributed by atoms with Gasteiger partial charge in [-0.25, -0.2) is 13.2 Å². The second-order valence-electron chi connectivity index (χ2n) is 5.22. The second kappa shape index (κ2) is 7.61. The van der Waals surface area contributed by atoms with E-state index in [0.717, 1.165) is 17.7 Å². The standard InChI is InChI=1S/C17H14F3N5/c18-12-3-1-11(2-4-12)7-8-21-16-10-22-25-17(24-16)23-13-5-6-14(19)15(20)9-13/h1-6,9-10H,7-8H2,(H2,21,23,24,25). The number of nitrogens with zero attached hydrogens (tertiary/aromatic N) is 3. The zero-order valence-electron chi connectivity index (χ0n) is 13.0. The van der Waals surface area contributed by atoms with Gasteiger partial charge in [-0.3, -0.25) is 0 Å². The monoisotopic (exact) mass is 345 g/mol. The summed E-state index contributed by atoms with van der Waals surface area (Å²) in [5.74, 6) is -1.54. The third-order valence-corrected chi connectivity index (χ3v) is 3.37. The number of aromatic nitrogens is 3. The minimum absolute atomic E-state index is 0.151. The van der Waals surface area contributed by atoms with Gasteiger partial charge in [0.25, 0.3) is 0 Å². The Hall–Kier alpha value is -3.16. The summed E-state index contributed by atoms with van der Waals surface area (Å²) < 4.78 is 39.0. The average molecular weight is 345 g/mol. The average Bonchev–Trinajstić information content (AvgIpc) is 2.60.